The van der Waals surface area contributed by atoms with Crippen LogP contribution in [0, 0.1) is 15.9 Å². The zero-order chi connectivity index (χ0) is 21.7. The Labute approximate surface area is 172 Å². The zero-order valence-electron chi connectivity index (χ0n) is 16.6. The second-order valence-electron chi connectivity index (χ2n) is 6.29. The normalized spacial score (nSPS) is 11.2. The molecule has 2 heterocycles. The Balaban J connectivity index is 2.17. The van der Waals surface area contributed by atoms with Gasteiger partial charge < -0.3 is 15.2 Å². The van der Waals surface area contributed by atoms with Crippen molar-refractivity contribution < 1.29 is 18.8 Å². The Morgan fingerprint density at radius 3 is 2.60 bits per heavy atom. The highest BCUT2D eigenvalue weighted by atomic mass is 19.1. The molecule has 158 valence electrons. The van der Waals surface area contributed by atoms with Crippen molar-refractivity contribution in [1.29, 1.82) is 0 Å². The first kappa shape index (κ1) is 21.3. The lowest BCUT2D eigenvalue weighted by Gasteiger charge is -2.17. The predicted molar refractivity (Wildman–Crippen MR) is 109 cm³/mol. The van der Waals surface area contributed by atoms with Crippen LogP contribution in [0.3, 0.4) is 0 Å². The van der Waals surface area contributed by atoms with Crippen LogP contribution in [0.25, 0.3) is 22.4 Å². The lowest BCUT2D eigenvalue weighted by molar-refractivity contribution is -0.384. The first-order valence-corrected chi connectivity index (χ1v) is 9.40. The number of benzene rings is 1. The van der Waals surface area contributed by atoms with Gasteiger partial charge in [-0.25, -0.2) is 9.07 Å². The van der Waals surface area contributed by atoms with Gasteiger partial charge in [0.25, 0.3) is 5.69 Å². The van der Waals surface area contributed by atoms with Gasteiger partial charge in [0.15, 0.2) is 6.29 Å². The molecule has 0 unspecified atom stereocenters. The number of anilines is 1. The molecular formula is C20H22FN5O4. The van der Waals surface area contributed by atoms with Crippen LogP contribution < -0.4 is 5.73 Å². The molecular weight excluding hydrogens is 393 g/mol. The van der Waals surface area contributed by atoms with Crippen LogP contribution >= 0.6 is 0 Å². The Morgan fingerprint density at radius 1 is 1.27 bits per heavy atom. The summed E-state index contributed by atoms with van der Waals surface area (Å²) in [6.45, 7) is 4.69. The van der Waals surface area contributed by atoms with Crippen LogP contribution in [0.15, 0.2) is 42.7 Å². The number of halogens is 1. The standard InChI is InChI=1S/C20H22FN5O4/c1-3-29-17(30-4-2)12-25-20(22)18(19(24-25)13-6-5-9-23-11-13)15-10-14(26(27)28)7-8-16(15)21/h5-11,17H,3-4,12,22H2,1-2H3. The molecule has 9 nitrogen and oxygen atoms in total. The number of hydrogen-bond donors (Lipinski definition) is 1. The fourth-order valence-corrected chi connectivity index (χ4v) is 3.07. The van der Waals surface area contributed by atoms with Gasteiger partial charge in [0.1, 0.15) is 17.3 Å². The van der Waals surface area contributed by atoms with Crippen LogP contribution in [0.1, 0.15) is 13.8 Å². The number of ether oxygens (including phenoxy) is 2. The zero-order valence-corrected chi connectivity index (χ0v) is 16.6. The third-order valence-electron chi connectivity index (χ3n) is 4.38. The Morgan fingerprint density at radius 2 is 2.00 bits per heavy atom. The number of non-ortho nitro benzene ring substituents is 1. The van der Waals surface area contributed by atoms with E-state index in [9.17, 15) is 14.5 Å². The molecule has 0 bridgehead atoms. The Bertz CT molecular complexity index is 1020. The lowest BCUT2D eigenvalue weighted by atomic mass is 10.0. The molecule has 0 aliphatic rings. The monoisotopic (exact) mass is 415 g/mol. The summed E-state index contributed by atoms with van der Waals surface area (Å²) in [5, 5.41) is 15.7. The van der Waals surface area contributed by atoms with Crippen LogP contribution in [0.5, 0.6) is 0 Å². The van der Waals surface area contributed by atoms with Crippen molar-refractivity contribution in [2.24, 2.45) is 0 Å². The maximum atomic E-state index is 14.7. The van der Waals surface area contributed by atoms with E-state index in [2.05, 4.69) is 10.1 Å². The van der Waals surface area contributed by atoms with E-state index in [0.29, 0.717) is 24.5 Å². The van der Waals surface area contributed by atoms with Gasteiger partial charge in [0.05, 0.1) is 17.0 Å². The van der Waals surface area contributed by atoms with E-state index >= 15 is 0 Å². The SMILES string of the molecule is CCOC(Cn1nc(-c2cccnc2)c(-c2cc([N+](=O)[O-])ccc2F)c1N)OCC. The van der Waals surface area contributed by atoms with Gasteiger partial charge in [0, 0.05) is 48.9 Å². The van der Waals surface area contributed by atoms with E-state index in [1.165, 1.54) is 4.68 Å². The first-order valence-electron chi connectivity index (χ1n) is 9.40. The van der Waals surface area contributed by atoms with Gasteiger partial charge in [-0.1, -0.05) is 0 Å². The van der Waals surface area contributed by atoms with Crippen molar-refractivity contribution >= 4 is 11.5 Å². The van der Waals surface area contributed by atoms with Crippen molar-refractivity contribution in [1.82, 2.24) is 14.8 Å². The van der Waals surface area contributed by atoms with E-state index in [-0.39, 0.29) is 29.2 Å². The maximum absolute atomic E-state index is 14.7. The predicted octanol–water partition coefficient (Wildman–Crippen LogP) is 3.64. The van der Waals surface area contributed by atoms with Crippen LogP contribution in [0.2, 0.25) is 0 Å². The molecule has 0 aliphatic carbocycles. The van der Waals surface area contributed by atoms with Gasteiger partial charge in [-0.2, -0.15) is 5.10 Å². The number of pyridine rings is 1. The molecule has 3 aromatic rings. The van der Waals surface area contributed by atoms with E-state index < -0.39 is 17.0 Å². The quantitative estimate of drug-likeness (QED) is 0.322. The minimum absolute atomic E-state index is 0.0174. The molecule has 2 N–H and O–H groups in total. The third-order valence-corrected chi connectivity index (χ3v) is 4.38. The van der Waals surface area contributed by atoms with Crippen LogP contribution in [0.4, 0.5) is 15.9 Å². The van der Waals surface area contributed by atoms with Crippen molar-refractivity contribution in [3.8, 4) is 22.4 Å². The average molecular weight is 415 g/mol. The smallest absolute Gasteiger partial charge is 0.270 e. The van der Waals surface area contributed by atoms with Crippen LogP contribution in [-0.2, 0) is 16.0 Å². The molecule has 2 aromatic heterocycles. The second kappa shape index (κ2) is 9.42. The summed E-state index contributed by atoms with van der Waals surface area (Å²) < 4.78 is 27.3. The maximum Gasteiger partial charge on any atom is 0.270 e. The van der Waals surface area contributed by atoms with E-state index in [1.54, 1.807) is 24.5 Å². The summed E-state index contributed by atoms with van der Waals surface area (Å²) in [4.78, 5) is 14.7. The first-order chi connectivity index (χ1) is 14.5. The van der Waals surface area contributed by atoms with E-state index in [4.69, 9.17) is 15.2 Å². The highest BCUT2D eigenvalue weighted by molar-refractivity contribution is 5.88. The van der Waals surface area contributed by atoms with Gasteiger partial charge in [-0.15, -0.1) is 0 Å². The van der Waals surface area contributed by atoms with Crippen LogP contribution in [-0.4, -0.2) is 39.2 Å². The largest absolute Gasteiger partial charge is 0.383 e. The van der Waals surface area contributed by atoms with Crippen molar-refractivity contribution in [2.75, 3.05) is 18.9 Å². The fourth-order valence-electron chi connectivity index (χ4n) is 3.07. The lowest BCUT2D eigenvalue weighted by Crippen LogP contribution is -2.25. The molecule has 0 atom stereocenters. The molecule has 0 amide bonds. The number of nitro benzene ring substituents is 1. The molecule has 0 aliphatic heterocycles. The third kappa shape index (κ3) is 4.44. The molecule has 0 saturated heterocycles. The minimum Gasteiger partial charge on any atom is -0.383 e. The van der Waals surface area contributed by atoms with Crippen molar-refractivity contribution in [2.45, 2.75) is 26.7 Å². The van der Waals surface area contributed by atoms with Gasteiger partial charge >= 0.3 is 0 Å². The van der Waals surface area contributed by atoms with E-state index in [1.807, 2.05) is 13.8 Å². The number of nitro groups is 1. The summed E-state index contributed by atoms with van der Waals surface area (Å²) in [6.07, 6.45) is 2.55. The van der Waals surface area contributed by atoms with Crippen molar-refractivity contribution in [3.05, 3.63) is 58.7 Å². The number of nitrogens with two attached hydrogens (primary N) is 1. The second-order valence-corrected chi connectivity index (χ2v) is 6.29. The highest BCUT2D eigenvalue weighted by Crippen LogP contribution is 2.39. The van der Waals surface area contributed by atoms with E-state index in [0.717, 1.165) is 18.2 Å². The Kier molecular flexibility index (Phi) is 6.70. The molecule has 3 rings (SSSR count). The average Bonchev–Trinajstić information content (AvgIpc) is 3.05. The molecule has 0 fully saturated rings. The topological polar surface area (TPSA) is 118 Å². The van der Waals surface area contributed by atoms with Crippen molar-refractivity contribution in [3.63, 3.8) is 0 Å². The summed E-state index contributed by atoms with van der Waals surface area (Å²) in [5.74, 6) is -0.513. The number of nitrogens with zero attached hydrogens (tertiary/aromatic N) is 4. The summed E-state index contributed by atoms with van der Waals surface area (Å²) in [7, 11) is 0. The van der Waals surface area contributed by atoms with Gasteiger partial charge in [0.2, 0.25) is 0 Å². The summed E-state index contributed by atoms with van der Waals surface area (Å²) >= 11 is 0. The molecule has 10 heteroatoms. The number of aromatic nitrogens is 3. The highest BCUT2D eigenvalue weighted by Gasteiger charge is 2.25. The molecule has 0 radical (unpaired) electrons. The minimum atomic E-state index is -0.650. The number of nitrogen functional groups attached to an aromatic ring is 1. The Hall–Kier alpha value is -3.37. The van der Waals surface area contributed by atoms with Gasteiger partial charge in [-0.05, 0) is 32.0 Å². The van der Waals surface area contributed by atoms with Gasteiger partial charge in [-0.3, -0.25) is 15.1 Å². The summed E-state index contributed by atoms with van der Waals surface area (Å²) in [6, 6.07) is 6.75. The number of rotatable bonds is 9. The summed E-state index contributed by atoms with van der Waals surface area (Å²) in [5.41, 5.74) is 7.26. The fraction of sp³-hybridized carbons (Fsp3) is 0.300. The molecule has 1 aromatic carbocycles. The molecule has 0 saturated carbocycles. The molecule has 0 spiro atoms. The number of hydrogen-bond acceptors (Lipinski definition) is 7. The molecule has 30 heavy (non-hydrogen) atoms.